The predicted octanol–water partition coefficient (Wildman–Crippen LogP) is 1.66. The lowest BCUT2D eigenvalue weighted by Crippen LogP contribution is -2.27. The van der Waals surface area contributed by atoms with Crippen molar-refractivity contribution in [2.75, 3.05) is 6.54 Å². The van der Waals surface area contributed by atoms with Gasteiger partial charge in [0.1, 0.15) is 16.1 Å². The van der Waals surface area contributed by atoms with Crippen LogP contribution in [0.25, 0.3) is 0 Å². The lowest BCUT2D eigenvalue weighted by molar-refractivity contribution is 0.154. The van der Waals surface area contributed by atoms with Crippen LogP contribution in [-0.4, -0.2) is 20.1 Å². The fraction of sp³-hybridized carbons (Fsp3) is 0.273. The number of nitrogens with one attached hydrogen (secondary N) is 1. The van der Waals surface area contributed by atoms with Crippen molar-refractivity contribution in [2.24, 2.45) is 0 Å². The van der Waals surface area contributed by atoms with Gasteiger partial charge in [-0.1, -0.05) is 0 Å². The van der Waals surface area contributed by atoms with Gasteiger partial charge < -0.3 is 9.52 Å². The van der Waals surface area contributed by atoms with E-state index in [-0.39, 0.29) is 10.8 Å². The van der Waals surface area contributed by atoms with Gasteiger partial charge in [-0.3, -0.25) is 0 Å². The third-order valence-electron chi connectivity index (χ3n) is 2.32. The van der Waals surface area contributed by atoms with E-state index >= 15 is 0 Å². The monoisotopic (exact) mass is 287 g/mol. The van der Waals surface area contributed by atoms with Gasteiger partial charge in [0.15, 0.2) is 0 Å². The predicted molar refractivity (Wildman–Crippen MR) is 67.9 cm³/mol. The molecule has 0 aliphatic carbocycles. The van der Waals surface area contributed by atoms with E-state index in [4.69, 9.17) is 4.42 Å². The Kier molecular flexibility index (Phi) is 3.86. The maximum Gasteiger partial charge on any atom is 0.250 e. The van der Waals surface area contributed by atoms with E-state index < -0.39 is 16.1 Å². The molecule has 0 aliphatic rings. The molecule has 98 valence electrons. The first-order chi connectivity index (χ1) is 8.49. The van der Waals surface area contributed by atoms with E-state index in [0.29, 0.717) is 5.76 Å². The first-order valence-corrected chi connectivity index (χ1v) is 7.56. The van der Waals surface area contributed by atoms with Crippen molar-refractivity contribution in [2.45, 2.75) is 17.2 Å². The fourth-order valence-corrected chi connectivity index (χ4v) is 3.76. The van der Waals surface area contributed by atoms with Gasteiger partial charge in [0.25, 0.3) is 0 Å². The molecule has 0 saturated heterocycles. The highest BCUT2D eigenvalue weighted by atomic mass is 32.2. The van der Waals surface area contributed by atoms with Gasteiger partial charge >= 0.3 is 0 Å². The average Bonchev–Trinajstić information content (AvgIpc) is 2.96. The Morgan fingerprint density at radius 3 is 2.78 bits per heavy atom. The smallest absolute Gasteiger partial charge is 0.250 e. The molecule has 18 heavy (non-hydrogen) atoms. The zero-order valence-electron chi connectivity index (χ0n) is 9.66. The van der Waals surface area contributed by atoms with Crippen molar-refractivity contribution in [1.82, 2.24) is 4.72 Å². The van der Waals surface area contributed by atoms with Gasteiger partial charge in [-0.2, -0.15) is 0 Å². The van der Waals surface area contributed by atoms with E-state index in [1.807, 2.05) is 6.92 Å². The van der Waals surface area contributed by atoms with Gasteiger partial charge in [0, 0.05) is 11.4 Å². The Hall–Kier alpha value is -1.15. The van der Waals surface area contributed by atoms with Crippen LogP contribution in [0.3, 0.4) is 0 Å². The number of aliphatic hydroxyl groups excluding tert-OH is 1. The van der Waals surface area contributed by atoms with E-state index in [9.17, 15) is 13.5 Å². The van der Waals surface area contributed by atoms with Gasteiger partial charge in [-0.15, -0.1) is 11.3 Å². The molecule has 2 aromatic heterocycles. The molecule has 1 unspecified atom stereocenters. The summed E-state index contributed by atoms with van der Waals surface area (Å²) >= 11 is 1.19. The van der Waals surface area contributed by atoms with Gasteiger partial charge in [-0.25, -0.2) is 13.1 Å². The quantitative estimate of drug-likeness (QED) is 0.876. The summed E-state index contributed by atoms with van der Waals surface area (Å²) < 4.78 is 31.3. The summed E-state index contributed by atoms with van der Waals surface area (Å²) in [7, 11) is -3.56. The molecule has 7 heteroatoms. The maximum atomic E-state index is 11.9. The van der Waals surface area contributed by atoms with Crippen LogP contribution in [-0.2, 0) is 10.0 Å². The molecule has 2 heterocycles. The second-order valence-corrected chi connectivity index (χ2v) is 7.03. The van der Waals surface area contributed by atoms with Crippen LogP contribution in [0.4, 0.5) is 0 Å². The largest absolute Gasteiger partial charge is 0.467 e. The number of sulfonamides is 1. The number of furan rings is 1. The van der Waals surface area contributed by atoms with Crippen molar-refractivity contribution in [3.63, 3.8) is 0 Å². The lowest BCUT2D eigenvalue weighted by atomic mass is 10.3. The second-order valence-electron chi connectivity index (χ2n) is 3.75. The topological polar surface area (TPSA) is 79.5 Å². The van der Waals surface area contributed by atoms with E-state index in [1.54, 1.807) is 24.3 Å². The van der Waals surface area contributed by atoms with Crippen LogP contribution in [0.1, 0.15) is 16.7 Å². The molecule has 0 aromatic carbocycles. The Balaban J connectivity index is 2.02. The van der Waals surface area contributed by atoms with Crippen LogP contribution in [0.5, 0.6) is 0 Å². The third kappa shape index (κ3) is 2.99. The minimum absolute atomic E-state index is 0.118. The number of hydrogen-bond acceptors (Lipinski definition) is 5. The summed E-state index contributed by atoms with van der Waals surface area (Å²) in [6, 6.07) is 6.51. The first kappa shape index (κ1) is 13.3. The number of hydrogen-bond donors (Lipinski definition) is 2. The molecule has 2 rings (SSSR count). The highest BCUT2D eigenvalue weighted by molar-refractivity contribution is 7.91. The number of thiophene rings is 1. The molecule has 0 bridgehead atoms. The maximum absolute atomic E-state index is 11.9. The van der Waals surface area contributed by atoms with Crippen molar-refractivity contribution >= 4 is 21.4 Å². The molecule has 0 aliphatic heterocycles. The summed E-state index contributed by atoms with van der Waals surface area (Å²) in [5.41, 5.74) is 0. The lowest BCUT2D eigenvalue weighted by Gasteiger charge is -2.09. The van der Waals surface area contributed by atoms with Crippen LogP contribution >= 0.6 is 11.3 Å². The van der Waals surface area contributed by atoms with Crippen LogP contribution < -0.4 is 4.72 Å². The average molecular weight is 287 g/mol. The summed E-state index contributed by atoms with van der Waals surface area (Å²) in [4.78, 5) is 0.918. The highest BCUT2D eigenvalue weighted by Gasteiger charge is 2.19. The molecule has 2 aromatic rings. The standard InChI is InChI=1S/C11H13NO4S2/c1-8-4-5-11(17-8)18(14,15)12-7-9(13)10-3-2-6-16-10/h2-6,9,12-13H,7H2,1H3. The van der Waals surface area contributed by atoms with Gasteiger partial charge in [-0.05, 0) is 31.2 Å². The summed E-state index contributed by atoms with van der Waals surface area (Å²) in [5, 5.41) is 9.71. The van der Waals surface area contributed by atoms with Crippen molar-refractivity contribution < 1.29 is 17.9 Å². The first-order valence-electron chi connectivity index (χ1n) is 5.26. The molecular formula is C11H13NO4S2. The van der Waals surface area contributed by atoms with E-state index in [1.165, 1.54) is 17.6 Å². The molecule has 0 amide bonds. The minimum Gasteiger partial charge on any atom is -0.467 e. The van der Waals surface area contributed by atoms with Gasteiger partial charge in [0.05, 0.1) is 6.26 Å². The van der Waals surface area contributed by atoms with Crippen LogP contribution in [0.15, 0.2) is 39.2 Å². The van der Waals surface area contributed by atoms with Crippen LogP contribution in [0, 0.1) is 6.92 Å². The minimum atomic E-state index is -3.56. The summed E-state index contributed by atoms with van der Waals surface area (Å²) in [5.74, 6) is 0.333. The summed E-state index contributed by atoms with van der Waals surface area (Å²) in [6.45, 7) is 1.72. The molecule has 0 saturated carbocycles. The zero-order valence-corrected chi connectivity index (χ0v) is 11.3. The second kappa shape index (κ2) is 5.23. The molecule has 0 fully saturated rings. The zero-order chi connectivity index (χ0) is 13.2. The number of aliphatic hydroxyl groups is 1. The molecular weight excluding hydrogens is 274 g/mol. The molecule has 0 spiro atoms. The Bertz CT molecular complexity index is 601. The fourth-order valence-electron chi connectivity index (χ4n) is 1.40. The molecule has 0 radical (unpaired) electrons. The van der Waals surface area contributed by atoms with Crippen molar-refractivity contribution in [1.29, 1.82) is 0 Å². The SMILES string of the molecule is Cc1ccc(S(=O)(=O)NCC(O)c2ccco2)s1. The summed E-state index contributed by atoms with van der Waals surface area (Å²) in [6.07, 6.45) is 0.436. The van der Waals surface area contributed by atoms with Crippen LogP contribution in [0.2, 0.25) is 0 Å². The third-order valence-corrected chi connectivity index (χ3v) is 5.23. The van der Waals surface area contributed by atoms with Crippen molar-refractivity contribution in [3.8, 4) is 0 Å². The highest BCUT2D eigenvalue weighted by Crippen LogP contribution is 2.21. The normalized spacial score (nSPS) is 13.7. The van der Waals surface area contributed by atoms with E-state index in [2.05, 4.69) is 4.72 Å². The van der Waals surface area contributed by atoms with E-state index in [0.717, 1.165) is 4.88 Å². The number of aryl methyl sites for hydroxylation is 1. The molecule has 1 atom stereocenters. The molecule has 2 N–H and O–H groups in total. The Morgan fingerprint density at radius 1 is 1.44 bits per heavy atom. The van der Waals surface area contributed by atoms with Gasteiger partial charge in [0.2, 0.25) is 10.0 Å². The number of rotatable bonds is 5. The molecule has 5 nitrogen and oxygen atoms in total. The Morgan fingerprint density at radius 2 is 2.22 bits per heavy atom. The Labute approximate surface area is 109 Å². The van der Waals surface area contributed by atoms with Crippen molar-refractivity contribution in [3.05, 3.63) is 41.2 Å².